The third kappa shape index (κ3) is 4.31. The van der Waals surface area contributed by atoms with Crippen LogP contribution in [0.15, 0.2) is 23.8 Å². The van der Waals surface area contributed by atoms with E-state index in [1.807, 2.05) is 19.9 Å². The van der Waals surface area contributed by atoms with Gasteiger partial charge in [0.1, 0.15) is 0 Å². The van der Waals surface area contributed by atoms with Crippen molar-refractivity contribution in [2.75, 3.05) is 6.61 Å². The number of ether oxygens (including phenoxy) is 2. The normalized spacial score (nSPS) is 40.4. The monoisotopic (exact) mass is 514 g/mol. The molecule has 4 rings (SSSR count). The maximum atomic E-state index is 13.9. The molecule has 0 aliphatic heterocycles. The Bertz CT molecular complexity index is 1040. The summed E-state index contributed by atoms with van der Waals surface area (Å²) in [6.45, 7) is 11.1. The molecule has 0 unspecified atom stereocenters. The number of fused-ring (bicyclic) bond motifs is 5. The number of carbonyl (C=O) groups is 4. The average molecular weight is 515 g/mol. The molecular formula is C30H42O7. The maximum Gasteiger partial charge on any atom is 0.309 e. The highest BCUT2D eigenvalue weighted by Crippen LogP contribution is 2.68. The fraction of sp³-hybridized carbons (Fsp3) is 0.733. The largest absolute Gasteiger partial charge is 0.457 e. The van der Waals surface area contributed by atoms with Crippen molar-refractivity contribution in [1.82, 2.24) is 0 Å². The van der Waals surface area contributed by atoms with Gasteiger partial charge in [0.15, 0.2) is 18.0 Å². The van der Waals surface area contributed by atoms with Crippen LogP contribution >= 0.6 is 0 Å². The van der Waals surface area contributed by atoms with Gasteiger partial charge < -0.3 is 14.6 Å². The molecule has 0 amide bonds. The average Bonchev–Trinajstić information content (AvgIpc) is 3.11. The highest BCUT2D eigenvalue weighted by molar-refractivity contribution is 6.01. The second-order valence-electron chi connectivity index (χ2n) is 12.5. The number of carbonyl (C=O) groups excluding carboxylic acids is 4. The zero-order chi connectivity index (χ0) is 27.3. The topological polar surface area (TPSA) is 107 Å². The van der Waals surface area contributed by atoms with Crippen LogP contribution < -0.4 is 0 Å². The fourth-order valence-corrected chi connectivity index (χ4v) is 8.25. The van der Waals surface area contributed by atoms with Gasteiger partial charge in [-0.15, -0.1) is 0 Å². The number of esters is 2. The summed E-state index contributed by atoms with van der Waals surface area (Å²) in [5.74, 6) is -1.60. The number of allylic oxidation sites excluding steroid dienone is 4. The molecule has 204 valence electrons. The Kier molecular flexibility index (Phi) is 7.34. The van der Waals surface area contributed by atoms with Crippen molar-refractivity contribution in [2.24, 2.45) is 40.4 Å². The molecule has 0 saturated heterocycles. The van der Waals surface area contributed by atoms with E-state index in [9.17, 15) is 24.3 Å². The van der Waals surface area contributed by atoms with Gasteiger partial charge in [-0.05, 0) is 62.0 Å². The first-order chi connectivity index (χ1) is 17.3. The van der Waals surface area contributed by atoms with Crippen LogP contribution in [0.25, 0.3) is 0 Å². The standard InChI is InChI=1S/C30H42O7/c1-7-8-25(34)36-16-24(33)30(37-27(35)17(2)3)12-10-21-20-13-18(4)22-14-19(31)9-11-28(22,5)26(20)23(32)15-29(21,30)6/h9,11,14,17-18,20-21,23,26,32H,7-8,10,12-13,15-16H2,1-6H3/t18-,20-,21-,23-,26+,28-,29-,30-/m0/s1. The molecule has 7 heteroatoms. The van der Waals surface area contributed by atoms with Crippen LogP contribution in [-0.4, -0.2) is 46.9 Å². The zero-order valence-corrected chi connectivity index (χ0v) is 23.0. The summed E-state index contributed by atoms with van der Waals surface area (Å²) in [5, 5.41) is 11.7. The molecule has 3 saturated carbocycles. The number of aliphatic hydroxyl groups excluding tert-OH is 1. The van der Waals surface area contributed by atoms with E-state index in [2.05, 4.69) is 13.8 Å². The lowest BCUT2D eigenvalue weighted by atomic mass is 9.44. The molecule has 37 heavy (non-hydrogen) atoms. The van der Waals surface area contributed by atoms with E-state index in [1.54, 1.807) is 26.0 Å². The van der Waals surface area contributed by atoms with Crippen molar-refractivity contribution in [3.05, 3.63) is 23.8 Å². The van der Waals surface area contributed by atoms with Crippen LogP contribution in [0.5, 0.6) is 0 Å². The third-order valence-electron chi connectivity index (χ3n) is 9.95. The fourth-order valence-electron chi connectivity index (χ4n) is 8.25. The first-order valence-corrected chi connectivity index (χ1v) is 13.9. The van der Waals surface area contributed by atoms with Crippen LogP contribution in [0.1, 0.15) is 80.1 Å². The summed E-state index contributed by atoms with van der Waals surface area (Å²) in [4.78, 5) is 51.1. The molecule has 8 atom stereocenters. The number of hydrogen-bond acceptors (Lipinski definition) is 7. The summed E-state index contributed by atoms with van der Waals surface area (Å²) < 4.78 is 11.4. The first kappa shape index (κ1) is 27.7. The number of hydrogen-bond donors (Lipinski definition) is 1. The van der Waals surface area contributed by atoms with E-state index in [1.165, 1.54) is 0 Å². The third-order valence-corrected chi connectivity index (χ3v) is 9.95. The molecular weight excluding hydrogens is 472 g/mol. The zero-order valence-electron chi connectivity index (χ0n) is 23.0. The molecule has 1 N–H and O–H groups in total. The van der Waals surface area contributed by atoms with Gasteiger partial charge in [-0.2, -0.15) is 0 Å². The van der Waals surface area contributed by atoms with Crippen LogP contribution in [0, 0.1) is 40.4 Å². The SMILES string of the molecule is CCCC(=O)OCC(=O)[C@@]1(OC(=O)C(C)C)CC[C@H]2[C@@H]3C[C@H](C)C4=CC(=O)C=C[C@]4(C)[C@H]3[C@@H](O)C[C@@]21C. The Morgan fingerprint density at radius 1 is 1.22 bits per heavy atom. The second kappa shape index (κ2) is 9.79. The van der Waals surface area contributed by atoms with Gasteiger partial charge in [0.2, 0.25) is 5.78 Å². The molecule has 0 aromatic rings. The smallest absolute Gasteiger partial charge is 0.309 e. The molecule has 0 aromatic carbocycles. The van der Waals surface area contributed by atoms with E-state index < -0.39 is 52.8 Å². The molecule has 0 bridgehead atoms. The number of aliphatic hydroxyl groups is 1. The predicted octanol–water partition coefficient (Wildman–Crippen LogP) is 4.36. The van der Waals surface area contributed by atoms with E-state index in [-0.39, 0.29) is 42.3 Å². The number of Topliss-reactive ketones (excluding diaryl/α,β-unsaturated/α-hetero) is 1. The van der Waals surface area contributed by atoms with Crippen LogP contribution in [-0.2, 0) is 28.7 Å². The molecule has 0 aromatic heterocycles. The van der Waals surface area contributed by atoms with Crippen LogP contribution in [0.4, 0.5) is 0 Å². The Labute approximate surface area is 220 Å². The maximum absolute atomic E-state index is 13.9. The molecule has 7 nitrogen and oxygen atoms in total. The Hall–Kier alpha value is -2.28. The van der Waals surface area contributed by atoms with Crippen molar-refractivity contribution in [3.8, 4) is 0 Å². The quantitative estimate of drug-likeness (QED) is 0.503. The highest BCUT2D eigenvalue weighted by atomic mass is 16.6. The minimum atomic E-state index is -1.46. The molecule has 3 fully saturated rings. The highest BCUT2D eigenvalue weighted by Gasteiger charge is 2.70. The summed E-state index contributed by atoms with van der Waals surface area (Å²) >= 11 is 0. The van der Waals surface area contributed by atoms with Crippen molar-refractivity contribution < 1.29 is 33.8 Å². The Morgan fingerprint density at radius 3 is 2.57 bits per heavy atom. The summed E-state index contributed by atoms with van der Waals surface area (Å²) in [6, 6.07) is 0. The first-order valence-electron chi connectivity index (χ1n) is 13.9. The van der Waals surface area contributed by atoms with Crippen LogP contribution in [0.3, 0.4) is 0 Å². The van der Waals surface area contributed by atoms with Crippen LogP contribution in [0.2, 0.25) is 0 Å². The van der Waals surface area contributed by atoms with E-state index in [0.717, 1.165) is 12.0 Å². The lowest BCUT2D eigenvalue weighted by molar-refractivity contribution is -0.204. The van der Waals surface area contributed by atoms with Gasteiger partial charge in [-0.1, -0.05) is 53.2 Å². The van der Waals surface area contributed by atoms with E-state index in [4.69, 9.17) is 9.47 Å². The lowest BCUT2D eigenvalue weighted by Crippen LogP contribution is -2.63. The number of rotatable bonds is 7. The molecule has 0 heterocycles. The van der Waals surface area contributed by atoms with E-state index >= 15 is 0 Å². The van der Waals surface area contributed by atoms with Gasteiger partial charge in [-0.3, -0.25) is 19.2 Å². The van der Waals surface area contributed by atoms with Crippen molar-refractivity contribution in [1.29, 1.82) is 0 Å². The summed E-state index contributed by atoms with van der Waals surface area (Å²) in [7, 11) is 0. The number of ketones is 2. The van der Waals surface area contributed by atoms with Gasteiger partial charge in [0.05, 0.1) is 12.0 Å². The lowest BCUT2D eigenvalue weighted by Gasteiger charge is -2.61. The summed E-state index contributed by atoms with van der Waals surface area (Å²) in [6.07, 6.45) is 7.48. The molecule has 4 aliphatic carbocycles. The summed E-state index contributed by atoms with van der Waals surface area (Å²) in [5.41, 5.74) is -1.65. The Morgan fingerprint density at radius 2 is 1.92 bits per heavy atom. The van der Waals surface area contributed by atoms with Gasteiger partial charge >= 0.3 is 11.9 Å². The predicted molar refractivity (Wildman–Crippen MR) is 137 cm³/mol. The second-order valence-corrected chi connectivity index (χ2v) is 12.5. The Balaban J connectivity index is 1.72. The van der Waals surface area contributed by atoms with Crippen molar-refractivity contribution in [3.63, 3.8) is 0 Å². The molecule has 0 spiro atoms. The minimum Gasteiger partial charge on any atom is -0.457 e. The van der Waals surface area contributed by atoms with Gasteiger partial charge in [-0.25, -0.2) is 0 Å². The van der Waals surface area contributed by atoms with Gasteiger partial charge in [0.25, 0.3) is 0 Å². The van der Waals surface area contributed by atoms with Gasteiger partial charge in [0, 0.05) is 23.2 Å². The molecule has 4 aliphatic rings. The van der Waals surface area contributed by atoms with E-state index in [0.29, 0.717) is 19.3 Å². The van der Waals surface area contributed by atoms with Crippen molar-refractivity contribution >= 4 is 23.5 Å². The minimum absolute atomic E-state index is 0.0170. The molecule has 0 radical (unpaired) electrons. The van der Waals surface area contributed by atoms with Crippen molar-refractivity contribution in [2.45, 2.75) is 91.8 Å².